The Bertz CT molecular complexity index is 1910. The SMILES string of the molecule is CC(C)(C)n1nc(C(F)F)c2c1C(F)(F)C1CC21.CC(C)n1nc(C(F)(F)F)c2c1C(F)(F)C1CC21.Cc1nn(C(C)C)c2c1C(F)(F)CCC2(F)F. The molecule has 3 aromatic rings. The van der Waals surface area contributed by atoms with Crippen LogP contribution in [0.15, 0.2) is 0 Å². The highest BCUT2D eigenvalue weighted by Crippen LogP contribution is 2.69. The van der Waals surface area contributed by atoms with Crippen LogP contribution in [0, 0.1) is 18.8 Å². The van der Waals surface area contributed by atoms with E-state index in [1.54, 1.807) is 48.5 Å². The molecule has 4 atom stereocenters. The molecule has 4 unspecified atom stereocenters. The zero-order valence-corrected chi connectivity index (χ0v) is 30.0. The van der Waals surface area contributed by atoms with Crippen molar-refractivity contribution in [2.75, 3.05) is 0 Å². The van der Waals surface area contributed by atoms with Crippen molar-refractivity contribution in [1.82, 2.24) is 29.3 Å². The van der Waals surface area contributed by atoms with Crippen molar-refractivity contribution in [2.24, 2.45) is 11.8 Å². The molecule has 2 fully saturated rings. The molecule has 5 aliphatic carbocycles. The van der Waals surface area contributed by atoms with Crippen LogP contribution in [0.2, 0.25) is 0 Å². The Morgan fingerprint density at radius 2 is 1.13 bits per heavy atom. The maximum absolute atomic E-state index is 14.1. The lowest BCUT2D eigenvalue weighted by Crippen LogP contribution is -2.32. The minimum atomic E-state index is -4.67. The number of hydrogen-bond donors (Lipinski definition) is 0. The molecule has 8 rings (SSSR count). The lowest BCUT2D eigenvalue weighted by Gasteiger charge is -2.30. The van der Waals surface area contributed by atoms with Crippen molar-refractivity contribution in [3.63, 3.8) is 0 Å². The number of rotatable bonds is 3. The fourth-order valence-electron chi connectivity index (χ4n) is 7.94. The lowest BCUT2D eigenvalue weighted by atomic mass is 9.89. The Balaban J connectivity index is 0.000000136. The van der Waals surface area contributed by atoms with Gasteiger partial charge in [0.15, 0.2) is 5.69 Å². The highest BCUT2D eigenvalue weighted by molar-refractivity contribution is 5.48. The number of fused-ring (bicyclic) bond motifs is 7. The van der Waals surface area contributed by atoms with E-state index in [0.717, 1.165) is 14.0 Å². The molecule has 0 aliphatic heterocycles. The monoisotopic (exact) mass is 778 g/mol. The molecule has 6 nitrogen and oxygen atoms in total. The molecule has 3 aromatic heterocycles. The first-order chi connectivity index (χ1) is 24.0. The molecule has 0 saturated heterocycles. The summed E-state index contributed by atoms with van der Waals surface area (Å²) in [5.74, 6) is -15.5. The van der Waals surface area contributed by atoms with Crippen LogP contribution in [0.3, 0.4) is 0 Å². The highest BCUT2D eigenvalue weighted by Gasteiger charge is 2.69. The van der Waals surface area contributed by atoms with Crippen molar-refractivity contribution in [3.05, 3.63) is 50.9 Å². The lowest BCUT2D eigenvalue weighted by molar-refractivity contribution is -0.142. The summed E-state index contributed by atoms with van der Waals surface area (Å²) in [7, 11) is 0. The second kappa shape index (κ2) is 11.9. The van der Waals surface area contributed by atoms with E-state index in [9.17, 15) is 57.1 Å². The van der Waals surface area contributed by atoms with Gasteiger partial charge in [-0.3, -0.25) is 14.0 Å². The third kappa shape index (κ3) is 6.13. The van der Waals surface area contributed by atoms with Gasteiger partial charge in [0.1, 0.15) is 22.8 Å². The average molecular weight is 779 g/mol. The van der Waals surface area contributed by atoms with Crippen LogP contribution < -0.4 is 0 Å². The van der Waals surface area contributed by atoms with Gasteiger partial charge in [-0.2, -0.15) is 54.8 Å². The van der Waals surface area contributed by atoms with Crippen LogP contribution in [0.5, 0.6) is 0 Å². The fourth-order valence-corrected chi connectivity index (χ4v) is 7.94. The Hall–Kier alpha value is -3.28. The van der Waals surface area contributed by atoms with Gasteiger partial charge in [0.05, 0.1) is 16.8 Å². The molecule has 3 heterocycles. The second-order valence-corrected chi connectivity index (χ2v) is 16.1. The summed E-state index contributed by atoms with van der Waals surface area (Å²) >= 11 is 0. The minimum absolute atomic E-state index is 0.00178. The van der Waals surface area contributed by atoms with E-state index in [1.165, 1.54) is 6.92 Å². The van der Waals surface area contributed by atoms with Crippen LogP contribution in [0.25, 0.3) is 0 Å². The maximum atomic E-state index is 14.1. The van der Waals surface area contributed by atoms with Gasteiger partial charge < -0.3 is 0 Å². The molecule has 0 aromatic carbocycles. The number of halogens is 13. The second-order valence-electron chi connectivity index (χ2n) is 16.1. The molecule has 296 valence electrons. The average Bonchev–Trinajstić information content (AvgIpc) is 3.77. The number of alkyl halides is 13. The van der Waals surface area contributed by atoms with E-state index in [1.807, 2.05) is 0 Å². The van der Waals surface area contributed by atoms with Gasteiger partial charge in [-0.25, -0.2) is 17.6 Å². The minimum Gasteiger partial charge on any atom is -0.260 e. The summed E-state index contributed by atoms with van der Waals surface area (Å²) in [4.78, 5) is 0. The Kier molecular flexibility index (Phi) is 8.82. The van der Waals surface area contributed by atoms with E-state index < -0.39 is 113 Å². The number of nitrogens with zero attached hydrogens (tertiary/aromatic N) is 6. The third-order valence-corrected chi connectivity index (χ3v) is 10.4. The molecule has 2 saturated carbocycles. The van der Waals surface area contributed by atoms with Gasteiger partial charge in [-0.1, -0.05) is 0 Å². The molecule has 0 bridgehead atoms. The first kappa shape index (κ1) is 39.4. The van der Waals surface area contributed by atoms with Crippen LogP contribution in [-0.2, 0) is 35.4 Å². The normalized spacial score (nSPS) is 26.3. The topological polar surface area (TPSA) is 53.5 Å². The largest absolute Gasteiger partial charge is 0.435 e. The summed E-state index contributed by atoms with van der Waals surface area (Å²) in [6.07, 6.45) is -8.68. The quantitative estimate of drug-likeness (QED) is 0.249. The van der Waals surface area contributed by atoms with Crippen LogP contribution >= 0.6 is 0 Å². The van der Waals surface area contributed by atoms with Crippen LogP contribution in [0.1, 0.15) is 155 Å². The van der Waals surface area contributed by atoms with Crippen molar-refractivity contribution in [1.29, 1.82) is 0 Å². The van der Waals surface area contributed by atoms with Crippen molar-refractivity contribution >= 4 is 0 Å². The summed E-state index contributed by atoms with van der Waals surface area (Å²) < 4.78 is 179. The van der Waals surface area contributed by atoms with Crippen molar-refractivity contribution in [2.45, 2.75) is 147 Å². The molecule has 0 N–H and O–H groups in total. The van der Waals surface area contributed by atoms with Gasteiger partial charge in [0, 0.05) is 47.9 Å². The van der Waals surface area contributed by atoms with Gasteiger partial charge in [-0.15, -0.1) is 0 Å². The smallest absolute Gasteiger partial charge is 0.260 e. The van der Waals surface area contributed by atoms with Gasteiger partial charge in [0.25, 0.3) is 30.1 Å². The van der Waals surface area contributed by atoms with Crippen LogP contribution in [-0.4, -0.2) is 29.3 Å². The van der Waals surface area contributed by atoms with E-state index >= 15 is 0 Å². The summed E-state index contributed by atoms with van der Waals surface area (Å²) in [5, 5.41) is 11.0. The zero-order chi connectivity index (χ0) is 39.9. The number of hydrogen-bond acceptors (Lipinski definition) is 3. The Labute approximate surface area is 296 Å². The van der Waals surface area contributed by atoms with Gasteiger partial charge in [-0.05, 0) is 80.1 Å². The molecule has 5 aliphatic rings. The first-order valence-corrected chi connectivity index (χ1v) is 17.2. The fraction of sp³-hybridized carbons (Fsp3) is 0.735. The van der Waals surface area contributed by atoms with E-state index in [2.05, 4.69) is 15.3 Å². The molecule has 19 heteroatoms. The Morgan fingerprint density at radius 3 is 1.60 bits per heavy atom. The van der Waals surface area contributed by atoms with E-state index in [4.69, 9.17) is 0 Å². The van der Waals surface area contributed by atoms with E-state index in [0.29, 0.717) is 6.42 Å². The third-order valence-electron chi connectivity index (χ3n) is 10.4. The van der Waals surface area contributed by atoms with Crippen LogP contribution in [0.4, 0.5) is 57.1 Å². The van der Waals surface area contributed by atoms with Gasteiger partial charge >= 0.3 is 6.18 Å². The summed E-state index contributed by atoms with van der Waals surface area (Å²) in [5.41, 5.74) is -4.47. The number of aromatic nitrogens is 6. The van der Waals surface area contributed by atoms with E-state index in [-0.39, 0.29) is 35.0 Å². The zero-order valence-electron chi connectivity index (χ0n) is 30.0. The predicted molar refractivity (Wildman–Crippen MR) is 164 cm³/mol. The van der Waals surface area contributed by atoms with Crippen molar-refractivity contribution in [3.8, 4) is 0 Å². The first-order valence-electron chi connectivity index (χ1n) is 17.2. The molecular weight excluding hydrogens is 739 g/mol. The highest BCUT2D eigenvalue weighted by atomic mass is 19.4. The summed E-state index contributed by atoms with van der Waals surface area (Å²) in [6, 6.07) is -0.879. The van der Waals surface area contributed by atoms with Crippen molar-refractivity contribution < 1.29 is 57.1 Å². The van der Waals surface area contributed by atoms with Gasteiger partial charge in [0.2, 0.25) is 0 Å². The molecule has 0 radical (unpaired) electrons. The molecule has 0 spiro atoms. The number of aryl methyl sites for hydroxylation is 1. The molecular formula is C34H39F13N6. The summed E-state index contributed by atoms with van der Waals surface area (Å²) in [6.45, 7) is 12.8. The maximum Gasteiger partial charge on any atom is 0.435 e. The Morgan fingerprint density at radius 1 is 0.660 bits per heavy atom. The molecule has 0 amide bonds. The molecule has 53 heavy (non-hydrogen) atoms. The predicted octanol–water partition coefficient (Wildman–Crippen LogP) is 11.2. The standard InChI is InChI=1S/C12H14F4N2.C11H11F5N2.C11H14F4N2/c1-11(2,3)18-9-7(8(17-18)10(13)14)5-4-6(5)12(9,15)16;1-4(2)18-9-7(8(17-18)11(14,15)16)5-3-6(5)10(9,12)13;1-6(2)17-9-8(7(3)16-17)10(12,13)4-5-11(9,14)15/h5-6,10H,4H2,1-3H3;4-6H,3H2,1-2H3;6H,4-5H2,1-3H3.